The van der Waals surface area contributed by atoms with Crippen LogP contribution in [-0.4, -0.2) is 48.9 Å². The van der Waals surface area contributed by atoms with Gasteiger partial charge in [0.15, 0.2) is 0 Å². The molecule has 5 nitrogen and oxygen atoms in total. The van der Waals surface area contributed by atoms with E-state index in [1.165, 1.54) is 18.4 Å². The maximum Gasteiger partial charge on any atom is 0.265 e. The van der Waals surface area contributed by atoms with Crippen LogP contribution in [0.3, 0.4) is 0 Å². The fraction of sp³-hybridized carbons (Fsp3) is 0.533. The summed E-state index contributed by atoms with van der Waals surface area (Å²) in [5.41, 5.74) is 3.90. The molecule has 21 heavy (non-hydrogen) atoms. The summed E-state index contributed by atoms with van der Waals surface area (Å²) in [6, 6.07) is 6.24. The van der Waals surface area contributed by atoms with Crippen molar-refractivity contribution in [3.63, 3.8) is 0 Å². The highest BCUT2D eigenvalue weighted by Gasteiger charge is 2.21. The van der Waals surface area contributed by atoms with Crippen LogP contribution in [0.5, 0.6) is 0 Å². The average molecular weight is 355 g/mol. The van der Waals surface area contributed by atoms with Crippen molar-refractivity contribution in [3.05, 3.63) is 33.8 Å². The maximum atomic E-state index is 11.5. The summed E-state index contributed by atoms with van der Waals surface area (Å²) >= 11 is 3.55. The highest BCUT2D eigenvalue weighted by Crippen LogP contribution is 2.23. The van der Waals surface area contributed by atoms with Gasteiger partial charge in [-0.15, -0.1) is 0 Å². The Balaban J connectivity index is 2.00. The van der Waals surface area contributed by atoms with E-state index in [4.69, 9.17) is 5.84 Å². The van der Waals surface area contributed by atoms with Crippen LogP contribution in [0, 0.1) is 0 Å². The molecule has 116 valence electrons. The Morgan fingerprint density at radius 2 is 2.14 bits per heavy atom. The zero-order valence-electron chi connectivity index (χ0n) is 12.6. The molecule has 0 radical (unpaired) electrons. The lowest BCUT2D eigenvalue weighted by Crippen LogP contribution is -2.41. The van der Waals surface area contributed by atoms with Gasteiger partial charge in [0.1, 0.15) is 0 Å². The summed E-state index contributed by atoms with van der Waals surface area (Å²) in [6.45, 7) is 3.19. The summed E-state index contributed by atoms with van der Waals surface area (Å²) < 4.78 is 0.948. The molecule has 1 heterocycles. The van der Waals surface area contributed by atoms with Crippen molar-refractivity contribution in [2.75, 3.05) is 27.2 Å². The molecule has 0 aromatic heterocycles. The second kappa shape index (κ2) is 7.35. The first kappa shape index (κ1) is 16.4. The van der Waals surface area contributed by atoms with E-state index in [1.807, 2.05) is 18.2 Å². The SMILES string of the molecule is CN1CCC(N(C)Cc2ccc(C(=O)NN)cc2Br)CC1. The molecular formula is C15H23BrN4O. The second-order valence-corrected chi connectivity index (χ2v) is 6.58. The number of hydrazine groups is 1. The number of hydrogen-bond donors (Lipinski definition) is 2. The molecule has 0 bridgehead atoms. The first-order valence-corrected chi connectivity index (χ1v) is 7.98. The number of hydrogen-bond acceptors (Lipinski definition) is 4. The number of piperidine rings is 1. The van der Waals surface area contributed by atoms with Crippen molar-refractivity contribution < 1.29 is 4.79 Å². The number of carbonyl (C=O) groups is 1. The third-order valence-electron chi connectivity index (χ3n) is 4.18. The molecule has 1 aliphatic heterocycles. The van der Waals surface area contributed by atoms with E-state index in [0.29, 0.717) is 11.6 Å². The molecule has 1 fully saturated rings. The molecule has 1 aromatic rings. The summed E-state index contributed by atoms with van der Waals surface area (Å²) in [7, 11) is 4.34. The van der Waals surface area contributed by atoms with Crippen LogP contribution in [0.4, 0.5) is 0 Å². The Morgan fingerprint density at radius 3 is 2.71 bits per heavy atom. The van der Waals surface area contributed by atoms with E-state index in [1.54, 1.807) is 0 Å². The second-order valence-electron chi connectivity index (χ2n) is 5.73. The van der Waals surface area contributed by atoms with Gasteiger partial charge in [0, 0.05) is 22.6 Å². The summed E-state index contributed by atoms with van der Waals surface area (Å²) in [5.74, 6) is 4.88. The van der Waals surface area contributed by atoms with Gasteiger partial charge >= 0.3 is 0 Å². The molecule has 6 heteroatoms. The Kier molecular flexibility index (Phi) is 5.75. The van der Waals surface area contributed by atoms with Gasteiger partial charge < -0.3 is 4.90 Å². The Hall–Kier alpha value is -0.950. The highest BCUT2D eigenvalue weighted by molar-refractivity contribution is 9.10. The van der Waals surface area contributed by atoms with E-state index in [2.05, 4.69) is 45.3 Å². The number of amides is 1. The summed E-state index contributed by atoms with van der Waals surface area (Å²) in [6.07, 6.45) is 2.41. The van der Waals surface area contributed by atoms with Crippen molar-refractivity contribution in [1.82, 2.24) is 15.2 Å². The fourth-order valence-electron chi connectivity index (χ4n) is 2.73. The Bertz CT molecular complexity index is 500. The largest absolute Gasteiger partial charge is 0.306 e. The first-order valence-electron chi connectivity index (χ1n) is 7.19. The predicted molar refractivity (Wildman–Crippen MR) is 87.8 cm³/mol. The third-order valence-corrected chi connectivity index (χ3v) is 4.92. The van der Waals surface area contributed by atoms with Crippen LogP contribution in [0.2, 0.25) is 0 Å². The number of nitrogens with zero attached hydrogens (tertiary/aromatic N) is 2. The van der Waals surface area contributed by atoms with Crippen LogP contribution in [0.1, 0.15) is 28.8 Å². The lowest BCUT2D eigenvalue weighted by molar-refractivity contribution is 0.0953. The van der Waals surface area contributed by atoms with Crippen LogP contribution in [0.15, 0.2) is 22.7 Å². The smallest absolute Gasteiger partial charge is 0.265 e. The van der Waals surface area contributed by atoms with Crippen molar-refractivity contribution in [3.8, 4) is 0 Å². The molecule has 0 atom stereocenters. The molecule has 1 saturated heterocycles. The zero-order chi connectivity index (χ0) is 15.4. The van der Waals surface area contributed by atoms with Crippen molar-refractivity contribution in [1.29, 1.82) is 0 Å². The van der Waals surface area contributed by atoms with Gasteiger partial charge in [-0.1, -0.05) is 22.0 Å². The van der Waals surface area contributed by atoms with E-state index in [9.17, 15) is 4.79 Å². The zero-order valence-corrected chi connectivity index (χ0v) is 14.2. The molecule has 3 N–H and O–H groups in total. The van der Waals surface area contributed by atoms with Gasteiger partial charge in [-0.05, 0) is 57.7 Å². The number of carbonyl (C=O) groups excluding carboxylic acids is 1. The maximum absolute atomic E-state index is 11.5. The van der Waals surface area contributed by atoms with E-state index < -0.39 is 0 Å². The van der Waals surface area contributed by atoms with E-state index in [0.717, 1.165) is 24.1 Å². The minimum atomic E-state index is -0.272. The standard InChI is InChI=1S/C15H23BrN4O/c1-19-7-5-13(6-8-19)20(2)10-12-4-3-11(9-14(12)16)15(21)18-17/h3-4,9,13H,5-8,10,17H2,1-2H3,(H,18,21). The molecule has 1 amide bonds. The van der Waals surface area contributed by atoms with Crippen LogP contribution >= 0.6 is 15.9 Å². The molecule has 0 spiro atoms. The normalized spacial score (nSPS) is 17.2. The highest BCUT2D eigenvalue weighted by atomic mass is 79.9. The molecule has 0 unspecified atom stereocenters. The Morgan fingerprint density at radius 1 is 1.48 bits per heavy atom. The van der Waals surface area contributed by atoms with Crippen LogP contribution < -0.4 is 11.3 Å². The number of rotatable bonds is 4. The molecule has 1 aromatic carbocycles. The molecule has 0 saturated carbocycles. The summed E-state index contributed by atoms with van der Waals surface area (Å²) in [4.78, 5) is 16.3. The lowest BCUT2D eigenvalue weighted by Gasteiger charge is -2.35. The molecular weight excluding hydrogens is 332 g/mol. The van der Waals surface area contributed by atoms with E-state index >= 15 is 0 Å². The van der Waals surface area contributed by atoms with Crippen molar-refractivity contribution in [2.45, 2.75) is 25.4 Å². The van der Waals surface area contributed by atoms with Gasteiger partial charge in [-0.2, -0.15) is 0 Å². The fourth-order valence-corrected chi connectivity index (χ4v) is 3.24. The van der Waals surface area contributed by atoms with Gasteiger partial charge in [0.2, 0.25) is 0 Å². The quantitative estimate of drug-likeness (QED) is 0.489. The Labute approximate surface area is 134 Å². The number of likely N-dealkylation sites (tertiary alicyclic amines) is 1. The van der Waals surface area contributed by atoms with Crippen molar-refractivity contribution in [2.24, 2.45) is 5.84 Å². The predicted octanol–water partition coefficient (Wildman–Crippen LogP) is 1.58. The topological polar surface area (TPSA) is 61.6 Å². The number of nitrogens with one attached hydrogen (secondary N) is 1. The molecule has 2 rings (SSSR count). The lowest BCUT2D eigenvalue weighted by atomic mass is 10.0. The number of benzene rings is 1. The minimum absolute atomic E-state index is 0.272. The number of nitrogen functional groups attached to an aromatic ring is 1. The van der Waals surface area contributed by atoms with E-state index in [-0.39, 0.29) is 5.91 Å². The van der Waals surface area contributed by atoms with Gasteiger partial charge in [-0.25, -0.2) is 5.84 Å². The van der Waals surface area contributed by atoms with Gasteiger partial charge in [0.25, 0.3) is 5.91 Å². The van der Waals surface area contributed by atoms with Gasteiger partial charge in [0.05, 0.1) is 0 Å². The van der Waals surface area contributed by atoms with Crippen LogP contribution in [0.25, 0.3) is 0 Å². The summed E-state index contributed by atoms with van der Waals surface area (Å²) in [5, 5.41) is 0. The third kappa shape index (κ3) is 4.26. The number of nitrogens with two attached hydrogens (primary N) is 1. The first-order chi connectivity index (χ1) is 10.0. The monoisotopic (exact) mass is 354 g/mol. The average Bonchev–Trinajstić information content (AvgIpc) is 2.49. The van der Waals surface area contributed by atoms with Gasteiger partial charge in [-0.3, -0.25) is 15.1 Å². The van der Waals surface area contributed by atoms with Crippen LogP contribution in [-0.2, 0) is 6.54 Å². The molecule has 0 aliphatic carbocycles. The minimum Gasteiger partial charge on any atom is -0.306 e. The number of halogens is 1. The van der Waals surface area contributed by atoms with Crippen molar-refractivity contribution >= 4 is 21.8 Å². The molecule has 1 aliphatic rings.